The minimum atomic E-state index is -1.27. The Morgan fingerprint density at radius 3 is 2.92 bits per heavy atom. The largest absolute Gasteiger partial charge is 0.545 e. The van der Waals surface area contributed by atoms with Gasteiger partial charge in [0.25, 0.3) is 5.91 Å². The Balaban J connectivity index is 1.79. The van der Waals surface area contributed by atoms with Crippen LogP contribution in [0.15, 0.2) is 63.1 Å². The Morgan fingerprint density at radius 2 is 2.20 bits per heavy atom. The zero-order valence-corrected chi connectivity index (χ0v) is 14.0. The number of hydrogen-bond donors (Lipinski definition) is 1. The molecule has 1 amide bonds. The van der Waals surface area contributed by atoms with E-state index in [-0.39, 0.29) is 11.5 Å². The molecule has 7 heteroatoms. The van der Waals surface area contributed by atoms with Crippen molar-refractivity contribution in [2.75, 3.05) is 0 Å². The van der Waals surface area contributed by atoms with Crippen molar-refractivity contribution >= 4 is 40.6 Å². The fraction of sp³-hybridized carbons (Fsp3) is 0.0556. The highest BCUT2D eigenvalue weighted by molar-refractivity contribution is 8.18. The first-order chi connectivity index (χ1) is 12.0. The van der Waals surface area contributed by atoms with Crippen molar-refractivity contribution in [3.63, 3.8) is 0 Å². The number of benzene rings is 1. The molecule has 1 fully saturated rings. The Morgan fingerprint density at radius 1 is 1.36 bits per heavy atom. The maximum atomic E-state index is 12.0. The van der Waals surface area contributed by atoms with Gasteiger partial charge in [-0.25, -0.2) is 4.99 Å². The van der Waals surface area contributed by atoms with E-state index in [9.17, 15) is 14.7 Å². The number of amidine groups is 1. The second-order valence-electron chi connectivity index (χ2n) is 5.17. The SMILES string of the molecule is Cc1ccc(C(=O)[O-])cc1N=C1NC(=O)/C(=C\C=C\c2ccco2)S1. The molecule has 1 N–H and O–H groups in total. The molecule has 25 heavy (non-hydrogen) atoms. The van der Waals surface area contributed by atoms with Crippen LogP contribution in [0.3, 0.4) is 0 Å². The standard InChI is InChI=1S/C18H14N2O4S/c1-11-7-8-12(17(22)23)10-14(11)19-18-20-16(21)15(25-18)6-2-4-13-5-3-9-24-13/h2-10H,1H3,(H,22,23)(H,19,20,21)/p-1/b4-2+,15-6+. The predicted molar refractivity (Wildman–Crippen MR) is 94.2 cm³/mol. The van der Waals surface area contributed by atoms with Gasteiger partial charge in [0.05, 0.1) is 22.8 Å². The zero-order chi connectivity index (χ0) is 17.8. The Labute approximate surface area is 148 Å². The highest BCUT2D eigenvalue weighted by atomic mass is 32.2. The summed E-state index contributed by atoms with van der Waals surface area (Å²) in [6.07, 6.45) is 6.68. The molecule has 0 unspecified atom stereocenters. The number of carbonyl (C=O) groups excluding carboxylic acids is 2. The molecule has 6 nitrogen and oxygen atoms in total. The van der Waals surface area contributed by atoms with Gasteiger partial charge in [-0.3, -0.25) is 4.79 Å². The molecule has 1 aliphatic heterocycles. The number of furan rings is 1. The molecule has 2 aromatic rings. The number of nitrogens with zero attached hydrogens (tertiary/aromatic N) is 1. The molecule has 0 aliphatic carbocycles. The summed E-state index contributed by atoms with van der Waals surface area (Å²) in [5, 5.41) is 14.0. The van der Waals surface area contributed by atoms with Crippen LogP contribution < -0.4 is 10.4 Å². The molecule has 0 radical (unpaired) electrons. The number of aliphatic imine (C=N–C) groups is 1. The topological polar surface area (TPSA) is 94.7 Å². The van der Waals surface area contributed by atoms with E-state index in [1.54, 1.807) is 42.7 Å². The van der Waals surface area contributed by atoms with Crippen molar-refractivity contribution in [3.8, 4) is 0 Å². The highest BCUT2D eigenvalue weighted by Crippen LogP contribution is 2.28. The Bertz CT molecular complexity index is 911. The van der Waals surface area contributed by atoms with Crippen LogP contribution in [0, 0.1) is 6.92 Å². The summed E-state index contributed by atoms with van der Waals surface area (Å²) < 4.78 is 5.17. The molecule has 0 atom stereocenters. The van der Waals surface area contributed by atoms with Gasteiger partial charge in [0.2, 0.25) is 0 Å². The summed E-state index contributed by atoms with van der Waals surface area (Å²) in [5.41, 5.74) is 1.30. The predicted octanol–water partition coefficient (Wildman–Crippen LogP) is 2.40. The number of carboxylic acid groups (broad SMARTS) is 1. The van der Waals surface area contributed by atoms with E-state index < -0.39 is 5.97 Å². The Hall–Kier alpha value is -3.06. The number of hydrogen-bond acceptors (Lipinski definition) is 6. The summed E-state index contributed by atoms with van der Waals surface area (Å²) in [6, 6.07) is 8.10. The summed E-state index contributed by atoms with van der Waals surface area (Å²) in [5.74, 6) is -0.848. The smallest absolute Gasteiger partial charge is 0.264 e. The van der Waals surface area contributed by atoms with E-state index >= 15 is 0 Å². The first-order valence-corrected chi connectivity index (χ1v) is 8.16. The maximum absolute atomic E-state index is 12.0. The van der Waals surface area contributed by atoms with Gasteiger partial charge in [-0.2, -0.15) is 0 Å². The van der Waals surface area contributed by atoms with Gasteiger partial charge in [0.1, 0.15) is 5.76 Å². The molecule has 1 saturated heterocycles. The van der Waals surface area contributed by atoms with Crippen LogP contribution in [0.1, 0.15) is 21.7 Å². The number of aryl methyl sites for hydroxylation is 1. The minimum Gasteiger partial charge on any atom is -0.545 e. The van der Waals surface area contributed by atoms with Gasteiger partial charge in [0.15, 0.2) is 5.17 Å². The Kier molecular flexibility index (Phi) is 4.85. The van der Waals surface area contributed by atoms with Crippen LogP contribution in [0.5, 0.6) is 0 Å². The molecule has 0 saturated carbocycles. The molecule has 2 heterocycles. The van der Waals surface area contributed by atoms with Crippen molar-refractivity contribution in [1.82, 2.24) is 5.32 Å². The number of rotatable bonds is 4. The van der Waals surface area contributed by atoms with Crippen LogP contribution in [0.4, 0.5) is 5.69 Å². The third-order valence-corrected chi connectivity index (χ3v) is 4.30. The fourth-order valence-corrected chi connectivity index (χ4v) is 2.86. The van der Waals surface area contributed by atoms with Crippen molar-refractivity contribution in [1.29, 1.82) is 0 Å². The van der Waals surface area contributed by atoms with Gasteiger partial charge in [-0.15, -0.1) is 0 Å². The number of amides is 1. The lowest BCUT2D eigenvalue weighted by atomic mass is 10.1. The van der Waals surface area contributed by atoms with Crippen molar-refractivity contribution in [2.24, 2.45) is 4.99 Å². The average Bonchev–Trinajstić information content (AvgIpc) is 3.20. The zero-order valence-electron chi connectivity index (χ0n) is 13.2. The lowest BCUT2D eigenvalue weighted by Crippen LogP contribution is -2.22. The van der Waals surface area contributed by atoms with Crippen molar-refractivity contribution in [2.45, 2.75) is 6.92 Å². The van der Waals surface area contributed by atoms with Gasteiger partial charge in [0, 0.05) is 0 Å². The van der Waals surface area contributed by atoms with Gasteiger partial charge < -0.3 is 19.6 Å². The quantitative estimate of drug-likeness (QED) is 0.852. The normalized spacial score (nSPS) is 17.6. The van der Waals surface area contributed by atoms with Crippen LogP contribution >= 0.6 is 11.8 Å². The van der Waals surface area contributed by atoms with Gasteiger partial charge in [-0.05, 0) is 60.2 Å². The van der Waals surface area contributed by atoms with Crippen LogP contribution in [-0.4, -0.2) is 17.0 Å². The van der Waals surface area contributed by atoms with Crippen molar-refractivity contribution < 1.29 is 19.1 Å². The third-order valence-electron chi connectivity index (χ3n) is 3.37. The summed E-state index contributed by atoms with van der Waals surface area (Å²) >= 11 is 1.18. The number of thioether (sulfide) groups is 1. The first-order valence-electron chi connectivity index (χ1n) is 7.35. The molecule has 1 aromatic carbocycles. The van der Waals surface area contributed by atoms with E-state index in [1.807, 2.05) is 6.92 Å². The minimum absolute atomic E-state index is 0.0384. The van der Waals surface area contributed by atoms with E-state index in [0.29, 0.717) is 21.5 Å². The lowest BCUT2D eigenvalue weighted by Gasteiger charge is -2.06. The molecular formula is C18H13N2O4S-. The number of aromatic carboxylic acids is 1. The molecule has 3 rings (SSSR count). The number of carboxylic acids is 1. The highest BCUT2D eigenvalue weighted by Gasteiger charge is 2.23. The second-order valence-corrected chi connectivity index (χ2v) is 6.20. The summed E-state index contributed by atoms with van der Waals surface area (Å²) in [4.78, 5) is 27.8. The molecule has 126 valence electrons. The second kappa shape index (κ2) is 7.23. The van der Waals surface area contributed by atoms with Gasteiger partial charge >= 0.3 is 0 Å². The maximum Gasteiger partial charge on any atom is 0.264 e. The van der Waals surface area contributed by atoms with E-state index in [0.717, 1.165) is 5.56 Å². The molecular weight excluding hydrogens is 340 g/mol. The number of nitrogens with one attached hydrogen (secondary N) is 1. The summed E-state index contributed by atoms with van der Waals surface area (Å²) in [7, 11) is 0. The van der Waals surface area contributed by atoms with Crippen molar-refractivity contribution in [3.05, 3.63) is 70.5 Å². The molecule has 1 aliphatic rings. The van der Waals surface area contributed by atoms with E-state index in [1.165, 1.54) is 23.9 Å². The number of carbonyl (C=O) groups is 2. The first kappa shape index (κ1) is 16.8. The lowest BCUT2D eigenvalue weighted by molar-refractivity contribution is -0.255. The van der Waals surface area contributed by atoms with E-state index in [4.69, 9.17) is 4.42 Å². The van der Waals surface area contributed by atoms with Gasteiger partial charge in [-0.1, -0.05) is 18.2 Å². The van der Waals surface area contributed by atoms with Crippen LogP contribution in [-0.2, 0) is 4.79 Å². The number of allylic oxidation sites excluding steroid dienone is 2. The fourth-order valence-electron chi connectivity index (χ4n) is 2.08. The van der Waals surface area contributed by atoms with Crippen LogP contribution in [0.2, 0.25) is 0 Å². The van der Waals surface area contributed by atoms with E-state index in [2.05, 4.69) is 10.3 Å². The van der Waals surface area contributed by atoms with Crippen LogP contribution in [0.25, 0.3) is 6.08 Å². The summed E-state index contributed by atoms with van der Waals surface area (Å²) in [6.45, 7) is 1.81. The third kappa shape index (κ3) is 4.07. The molecule has 1 aromatic heterocycles. The molecule has 0 bridgehead atoms. The average molecular weight is 353 g/mol. The molecule has 0 spiro atoms. The monoisotopic (exact) mass is 353 g/mol.